The second-order valence-electron chi connectivity index (χ2n) is 4.43. The van der Waals surface area contributed by atoms with E-state index in [0.29, 0.717) is 12.3 Å². The van der Waals surface area contributed by atoms with Crippen LogP contribution in [0.1, 0.15) is 13.8 Å². The summed E-state index contributed by atoms with van der Waals surface area (Å²) in [6.07, 6.45) is 0. The van der Waals surface area contributed by atoms with Gasteiger partial charge in [-0.3, -0.25) is 0 Å². The topological polar surface area (TPSA) is 75.7 Å². The van der Waals surface area contributed by atoms with Gasteiger partial charge in [0.05, 0.1) is 11.5 Å². The smallest absolute Gasteiger partial charge is 0.328 e. The van der Waals surface area contributed by atoms with Crippen LogP contribution < -0.4 is 5.32 Å². The largest absolute Gasteiger partial charge is 0.464 e. The van der Waals surface area contributed by atoms with Crippen molar-refractivity contribution in [2.45, 2.75) is 24.8 Å². The first-order chi connectivity index (χ1) is 9.28. The van der Waals surface area contributed by atoms with Crippen LogP contribution in [0.5, 0.6) is 0 Å². The van der Waals surface area contributed by atoms with Crippen molar-refractivity contribution < 1.29 is 17.9 Å². The number of nitrogens with zero attached hydrogens (tertiary/aromatic N) is 1. The second-order valence-corrected chi connectivity index (χ2v) is 6.58. The predicted molar refractivity (Wildman–Crippen MR) is 77.0 cm³/mol. The lowest BCUT2D eigenvalue weighted by Gasteiger charge is -2.15. The molecule has 1 aromatic rings. The Hall–Kier alpha value is -1.60. The maximum Gasteiger partial charge on any atom is 0.328 e. The molecule has 20 heavy (non-hydrogen) atoms. The third-order valence-electron chi connectivity index (χ3n) is 2.66. The number of ether oxygens (including phenoxy) is 1. The highest BCUT2D eigenvalue weighted by Gasteiger charge is 2.17. The Balaban J connectivity index is 2.80. The number of nitrogens with one attached hydrogen (secondary N) is 1. The molecule has 0 radical (unpaired) electrons. The van der Waals surface area contributed by atoms with E-state index in [2.05, 4.69) is 5.32 Å². The van der Waals surface area contributed by atoms with Gasteiger partial charge >= 0.3 is 5.97 Å². The molecule has 0 aliphatic carbocycles. The summed E-state index contributed by atoms with van der Waals surface area (Å²) in [4.78, 5) is 11.7. The van der Waals surface area contributed by atoms with Crippen LogP contribution in [0.2, 0.25) is 0 Å². The average Bonchev–Trinajstić information content (AvgIpc) is 2.39. The predicted octanol–water partition coefficient (Wildman–Crippen LogP) is 1.30. The van der Waals surface area contributed by atoms with Crippen LogP contribution in [0.3, 0.4) is 0 Å². The summed E-state index contributed by atoms with van der Waals surface area (Å²) in [5.41, 5.74) is 0.656. The van der Waals surface area contributed by atoms with Crippen LogP contribution in [0.15, 0.2) is 29.2 Å². The van der Waals surface area contributed by atoms with Crippen molar-refractivity contribution in [3.05, 3.63) is 24.3 Å². The van der Waals surface area contributed by atoms with Gasteiger partial charge in [0.15, 0.2) is 0 Å². The van der Waals surface area contributed by atoms with Gasteiger partial charge in [0.2, 0.25) is 10.0 Å². The Bertz CT molecular complexity index is 552. The molecular weight excluding hydrogens is 280 g/mol. The van der Waals surface area contributed by atoms with Crippen molar-refractivity contribution in [1.82, 2.24) is 4.31 Å². The molecule has 0 amide bonds. The van der Waals surface area contributed by atoms with E-state index in [-0.39, 0.29) is 10.9 Å². The van der Waals surface area contributed by atoms with E-state index in [0.717, 1.165) is 4.31 Å². The number of rotatable bonds is 6. The minimum atomic E-state index is -3.43. The van der Waals surface area contributed by atoms with E-state index < -0.39 is 16.1 Å². The van der Waals surface area contributed by atoms with Gasteiger partial charge in [-0.1, -0.05) is 0 Å². The SMILES string of the molecule is CCOC(=O)C(C)Nc1ccc(S(=O)(=O)N(C)C)cc1. The number of sulfonamides is 1. The highest BCUT2D eigenvalue weighted by Crippen LogP contribution is 2.17. The standard InChI is InChI=1S/C13H20N2O4S/c1-5-19-13(16)10(2)14-11-6-8-12(9-7-11)20(17,18)15(3)4/h6-10,14H,5H2,1-4H3. The van der Waals surface area contributed by atoms with Crippen molar-refractivity contribution in [2.24, 2.45) is 0 Å². The van der Waals surface area contributed by atoms with Crippen molar-refractivity contribution in [2.75, 3.05) is 26.0 Å². The Labute approximate surface area is 119 Å². The average molecular weight is 300 g/mol. The fourth-order valence-electron chi connectivity index (χ4n) is 1.51. The minimum Gasteiger partial charge on any atom is -0.464 e. The van der Waals surface area contributed by atoms with E-state index in [9.17, 15) is 13.2 Å². The van der Waals surface area contributed by atoms with Gasteiger partial charge in [-0.05, 0) is 38.1 Å². The molecule has 112 valence electrons. The summed E-state index contributed by atoms with van der Waals surface area (Å²) in [6, 6.07) is 5.73. The van der Waals surface area contributed by atoms with Gasteiger partial charge in [0.25, 0.3) is 0 Å². The molecule has 7 heteroatoms. The summed E-state index contributed by atoms with van der Waals surface area (Å²) in [6.45, 7) is 3.75. The maximum atomic E-state index is 11.9. The summed E-state index contributed by atoms with van der Waals surface area (Å²) in [5.74, 6) is -0.350. The molecular formula is C13H20N2O4S. The first-order valence-electron chi connectivity index (χ1n) is 6.24. The lowest BCUT2D eigenvalue weighted by atomic mass is 10.2. The van der Waals surface area contributed by atoms with E-state index in [4.69, 9.17) is 4.74 Å². The third kappa shape index (κ3) is 3.94. The van der Waals surface area contributed by atoms with E-state index in [1.54, 1.807) is 26.0 Å². The number of esters is 1. The first-order valence-corrected chi connectivity index (χ1v) is 7.68. The van der Waals surface area contributed by atoms with Crippen molar-refractivity contribution in [1.29, 1.82) is 0 Å². The van der Waals surface area contributed by atoms with E-state index in [1.165, 1.54) is 26.2 Å². The molecule has 0 spiro atoms. The maximum absolute atomic E-state index is 11.9. The highest BCUT2D eigenvalue weighted by atomic mass is 32.2. The van der Waals surface area contributed by atoms with Crippen LogP contribution in [0.4, 0.5) is 5.69 Å². The third-order valence-corrected chi connectivity index (χ3v) is 4.49. The molecule has 0 aliphatic heterocycles. The number of benzene rings is 1. The Morgan fingerprint density at radius 2 is 1.85 bits per heavy atom. The van der Waals surface area contributed by atoms with Crippen LogP contribution in [0, 0.1) is 0 Å². The molecule has 0 aliphatic rings. The van der Waals surface area contributed by atoms with Crippen LogP contribution in [-0.2, 0) is 19.6 Å². The van der Waals surface area contributed by atoms with Gasteiger partial charge in [-0.2, -0.15) is 0 Å². The molecule has 0 saturated heterocycles. The molecule has 0 fully saturated rings. The summed E-state index contributed by atoms with van der Waals surface area (Å²) in [7, 11) is -0.480. The molecule has 1 atom stereocenters. The lowest BCUT2D eigenvalue weighted by Crippen LogP contribution is -2.28. The molecule has 1 aromatic carbocycles. The molecule has 0 aromatic heterocycles. The van der Waals surface area contributed by atoms with E-state index >= 15 is 0 Å². The van der Waals surface area contributed by atoms with Crippen molar-refractivity contribution >= 4 is 21.7 Å². The number of hydrogen-bond donors (Lipinski definition) is 1. The number of carbonyl (C=O) groups excluding carboxylic acids is 1. The normalized spacial score (nSPS) is 13.1. The molecule has 1 rings (SSSR count). The number of carbonyl (C=O) groups is 1. The second kappa shape index (κ2) is 6.71. The fraction of sp³-hybridized carbons (Fsp3) is 0.462. The van der Waals surface area contributed by atoms with Gasteiger partial charge in [0.1, 0.15) is 6.04 Å². The van der Waals surface area contributed by atoms with Crippen molar-refractivity contribution in [3.63, 3.8) is 0 Å². The van der Waals surface area contributed by atoms with Crippen LogP contribution in [-0.4, -0.2) is 45.4 Å². The zero-order chi connectivity index (χ0) is 15.3. The fourth-order valence-corrected chi connectivity index (χ4v) is 2.41. The minimum absolute atomic E-state index is 0.205. The summed E-state index contributed by atoms with van der Waals surface area (Å²) in [5, 5.41) is 2.95. The van der Waals surface area contributed by atoms with Crippen LogP contribution in [0.25, 0.3) is 0 Å². The monoisotopic (exact) mass is 300 g/mol. The molecule has 1 N–H and O–H groups in total. The summed E-state index contributed by atoms with van der Waals surface area (Å²) < 4.78 is 29.8. The molecule has 1 unspecified atom stereocenters. The highest BCUT2D eigenvalue weighted by molar-refractivity contribution is 7.89. The van der Waals surface area contributed by atoms with E-state index in [1.807, 2.05) is 0 Å². The van der Waals surface area contributed by atoms with Gasteiger partial charge in [-0.25, -0.2) is 17.5 Å². The Morgan fingerprint density at radius 1 is 1.30 bits per heavy atom. The lowest BCUT2D eigenvalue weighted by molar-refractivity contribution is -0.143. The molecule has 0 saturated carbocycles. The first kappa shape index (κ1) is 16.5. The van der Waals surface area contributed by atoms with Crippen molar-refractivity contribution in [3.8, 4) is 0 Å². The zero-order valence-electron chi connectivity index (χ0n) is 12.1. The molecule has 6 nitrogen and oxygen atoms in total. The Kier molecular flexibility index (Phi) is 5.52. The van der Waals surface area contributed by atoms with Crippen LogP contribution >= 0.6 is 0 Å². The summed E-state index contributed by atoms with van der Waals surface area (Å²) >= 11 is 0. The number of hydrogen-bond acceptors (Lipinski definition) is 5. The number of anilines is 1. The quantitative estimate of drug-likeness (QED) is 0.801. The van der Waals surface area contributed by atoms with Gasteiger partial charge in [0, 0.05) is 19.8 Å². The molecule has 0 bridgehead atoms. The zero-order valence-corrected chi connectivity index (χ0v) is 12.9. The van der Waals surface area contributed by atoms with Gasteiger partial charge in [-0.15, -0.1) is 0 Å². The Morgan fingerprint density at radius 3 is 2.30 bits per heavy atom. The van der Waals surface area contributed by atoms with Gasteiger partial charge < -0.3 is 10.1 Å². The molecule has 0 heterocycles.